The number of carbonyl (C=O) groups excluding carboxylic acids is 1. The molecule has 18 heavy (non-hydrogen) atoms. The Morgan fingerprint density at radius 3 is 2.28 bits per heavy atom. The van der Waals surface area contributed by atoms with E-state index in [4.69, 9.17) is 0 Å². The van der Waals surface area contributed by atoms with Gasteiger partial charge in [-0.2, -0.15) is 13.2 Å². The summed E-state index contributed by atoms with van der Waals surface area (Å²) in [6.07, 6.45) is 2.98. The molecule has 1 aromatic rings. The van der Waals surface area contributed by atoms with Crippen LogP contribution in [0.2, 0.25) is 0 Å². The molecule has 1 rings (SSSR count). The predicted octanol–water partition coefficient (Wildman–Crippen LogP) is 4.41. The maximum Gasteiger partial charge on any atom is 0.416 e. The van der Waals surface area contributed by atoms with Gasteiger partial charge in [-0.05, 0) is 24.6 Å². The van der Waals surface area contributed by atoms with Crippen LogP contribution >= 0.6 is 0 Å². The summed E-state index contributed by atoms with van der Waals surface area (Å²) in [7, 11) is 0. The van der Waals surface area contributed by atoms with Gasteiger partial charge in [0.2, 0.25) is 0 Å². The summed E-state index contributed by atoms with van der Waals surface area (Å²) in [5.74, 6) is -0.315. The number of carbonyl (C=O) groups is 1. The number of rotatable bonds is 4. The van der Waals surface area contributed by atoms with Crippen molar-refractivity contribution in [2.45, 2.75) is 19.5 Å². The van der Waals surface area contributed by atoms with Crippen LogP contribution in [0.3, 0.4) is 0 Å². The van der Waals surface area contributed by atoms with Crippen molar-refractivity contribution in [3.05, 3.63) is 59.7 Å². The normalized spacial score (nSPS) is 12.4. The van der Waals surface area contributed by atoms with E-state index in [2.05, 4.69) is 0 Å². The highest BCUT2D eigenvalue weighted by Crippen LogP contribution is 2.29. The number of allylic oxidation sites excluding steroid dienone is 4. The summed E-state index contributed by atoms with van der Waals surface area (Å²) in [6.45, 7) is 1.96. The summed E-state index contributed by atoms with van der Waals surface area (Å²) in [6, 6.07) is 4.17. The van der Waals surface area contributed by atoms with Crippen molar-refractivity contribution in [1.82, 2.24) is 0 Å². The molecule has 0 aromatic heterocycles. The van der Waals surface area contributed by atoms with Gasteiger partial charge in [0.25, 0.3) is 0 Å². The second-order valence-electron chi connectivity index (χ2n) is 3.63. The van der Waals surface area contributed by atoms with Crippen LogP contribution in [-0.4, -0.2) is 5.78 Å². The Kier molecular flexibility index (Phi) is 4.89. The number of halogens is 3. The van der Waals surface area contributed by atoms with E-state index < -0.39 is 11.7 Å². The van der Waals surface area contributed by atoms with E-state index in [0.29, 0.717) is 0 Å². The molecule has 0 aliphatic rings. The number of alkyl halides is 3. The molecule has 0 saturated heterocycles. The van der Waals surface area contributed by atoms with Gasteiger partial charge >= 0.3 is 6.18 Å². The van der Waals surface area contributed by atoms with E-state index in [9.17, 15) is 18.0 Å². The van der Waals surface area contributed by atoms with Crippen LogP contribution < -0.4 is 0 Å². The SMILES string of the molecule is CC/C=C/C=C/C(=O)c1ccc(C(F)(F)F)cc1. The Morgan fingerprint density at radius 1 is 1.17 bits per heavy atom. The van der Waals surface area contributed by atoms with E-state index in [1.54, 1.807) is 12.2 Å². The highest BCUT2D eigenvalue weighted by atomic mass is 19.4. The summed E-state index contributed by atoms with van der Waals surface area (Å²) < 4.78 is 36.9. The lowest BCUT2D eigenvalue weighted by Crippen LogP contribution is -2.05. The molecule has 0 spiro atoms. The maximum atomic E-state index is 12.3. The number of hydrogen-bond acceptors (Lipinski definition) is 1. The fourth-order valence-corrected chi connectivity index (χ4v) is 1.28. The molecular weight excluding hydrogens is 241 g/mol. The largest absolute Gasteiger partial charge is 0.416 e. The standard InChI is InChI=1S/C14H13F3O/c1-2-3-4-5-6-13(18)11-7-9-12(10-8-11)14(15,16)17/h3-10H,2H2,1H3/b4-3+,6-5+. The van der Waals surface area contributed by atoms with Crippen molar-refractivity contribution in [2.24, 2.45) is 0 Å². The maximum absolute atomic E-state index is 12.3. The first kappa shape index (κ1) is 14.2. The minimum Gasteiger partial charge on any atom is -0.289 e. The summed E-state index contributed by atoms with van der Waals surface area (Å²) >= 11 is 0. The zero-order valence-corrected chi connectivity index (χ0v) is 9.87. The number of ketones is 1. The Balaban J connectivity index is 2.77. The molecule has 0 aliphatic carbocycles. The molecule has 0 amide bonds. The van der Waals surface area contributed by atoms with Crippen LogP contribution in [0.5, 0.6) is 0 Å². The van der Waals surface area contributed by atoms with Crippen molar-refractivity contribution in [2.75, 3.05) is 0 Å². The zero-order valence-electron chi connectivity index (χ0n) is 9.87. The van der Waals surface area contributed by atoms with E-state index in [1.165, 1.54) is 18.2 Å². The molecule has 1 aromatic carbocycles. The summed E-state index contributed by atoms with van der Waals surface area (Å²) in [4.78, 5) is 11.6. The lowest BCUT2D eigenvalue weighted by Gasteiger charge is -2.06. The molecule has 0 radical (unpaired) electrons. The average molecular weight is 254 g/mol. The van der Waals surface area contributed by atoms with Gasteiger partial charge in [-0.25, -0.2) is 0 Å². The summed E-state index contributed by atoms with van der Waals surface area (Å²) in [5, 5.41) is 0. The molecule has 1 nitrogen and oxygen atoms in total. The number of hydrogen-bond donors (Lipinski definition) is 0. The van der Waals surface area contributed by atoms with Gasteiger partial charge in [-0.3, -0.25) is 4.79 Å². The predicted molar refractivity (Wildman–Crippen MR) is 64.3 cm³/mol. The monoisotopic (exact) mass is 254 g/mol. The van der Waals surface area contributed by atoms with E-state index in [-0.39, 0.29) is 11.3 Å². The quantitative estimate of drug-likeness (QED) is 0.442. The van der Waals surface area contributed by atoms with Crippen LogP contribution in [-0.2, 0) is 6.18 Å². The molecule has 0 fully saturated rings. The van der Waals surface area contributed by atoms with Crippen LogP contribution in [0, 0.1) is 0 Å². The first-order valence-corrected chi connectivity index (χ1v) is 5.50. The topological polar surface area (TPSA) is 17.1 Å². The lowest BCUT2D eigenvalue weighted by molar-refractivity contribution is -0.137. The van der Waals surface area contributed by atoms with Crippen molar-refractivity contribution in [3.63, 3.8) is 0 Å². The van der Waals surface area contributed by atoms with Crippen LogP contribution in [0.4, 0.5) is 13.2 Å². The Hall–Kier alpha value is -1.84. The van der Waals surface area contributed by atoms with Crippen LogP contribution in [0.1, 0.15) is 29.3 Å². The lowest BCUT2D eigenvalue weighted by atomic mass is 10.1. The molecule has 0 bridgehead atoms. The molecule has 0 atom stereocenters. The molecule has 0 N–H and O–H groups in total. The van der Waals surface area contributed by atoms with E-state index in [0.717, 1.165) is 18.6 Å². The fraction of sp³-hybridized carbons (Fsp3) is 0.214. The van der Waals surface area contributed by atoms with Gasteiger partial charge in [0.15, 0.2) is 5.78 Å². The minimum absolute atomic E-state index is 0.240. The second kappa shape index (κ2) is 6.19. The van der Waals surface area contributed by atoms with Gasteiger partial charge < -0.3 is 0 Å². The molecular formula is C14H13F3O. The van der Waals surface area contributed by atoms with E-state index in [1.807, 2.05) is 13.0 Å². The highest BCUT2D eigenvalue weighted by molar-refractivity contribution is 6.04. The van der Waals surface area contributed by atoms with Gasteiger partial charge in [0.1, 0.15) is 0 Å². The van der Waals surface area contributed by atoms with Crippen molar-refractivity contribution < 1.29 is 18.0 Å². The first-order chi connectivity index (χ1) is 8.45. The average Bonchev–Trinajstić information content (AvgIpc) is 2.33. The van der Waals surface area contributed by atoms with E-state index >= 15 is 0 Å². The Morgan fingerprint density at radius 2 is 1.78 bits per heavy atom. The Labute approximate surface area is 104 Å². The zero-order chi connectivity index (χ0) is 13.6. The highest BCUT2D eigenvalue weighted by Gasteiger charge is 2.30. The van der Waals surface area contributed by atoms with Gasteiger partial charge in [-0.15, -0.1) is 0 Å². The third-order valence-electron chi connectivity index (χ3n) is 2.23. The third kappa shape index (κ3) is 4.20. The Bertz CT molecular complexity index is 453. The second-order valence-corrected chi connectivity index (χ2v) is 3.63. The van der Waals surface area contributed by atoms with Crippen LogP contribution in [0.25, 0.3) is 0 Å². The van der Waals surface area contributed by atoms with Crippen LogP contribution in [0.15, 0.2) is 48.6 Å². The van der Waals surface area contributed by atoms with Crippen molar-refractivity contribution in [1.29, 1.82) is 0 Å². The van der Waals surface area contributed by atoms with Crippen molar-refractivity contribution >= 4 is 5.78 Å². The van der Waals surface area contributed by atoms with Gasteiger partial charge in [-0.1, -0.05) is 37.3 Å². The number of benzene rings is 1. The van der Waals surface area contributed by atoms with Crippen molar-refractivity contribution in [3.8, 4) is 0 Å². The molecule has 0 heterocycles. The van der Waals surface area contributed by atoms with Gasteiger partial charge in [0, 0.05) is 5.56 Å². The molecule has 0 aliphatic heterocycles. The molecule has 0 unspecified atom stereocenters. The van der Waals surface area contributed by atoms with Gasteiger partial charge in [0.05, 0.1) is 5.56 Å². The fourth-order valence-electron chi connectivity index (χ4n) is 1.28. The smallest absolute Gasteiger partial charge is 0.289 e. The molecule has 96 valence electrons. The summed E-state index contributed by atoms with van der Waals surface area (Å²) in [5.41, 5.74) is -0.516. The first-order valence-electron chi connectivity index (χ1n) is 5.50. The molecule has 4 heteroatoms. The molecule has 0 saturated carbocycles. The third-order valence-corrected chi connectivity index (χ3v) is 2.23. The minimum atomic E-state index is -4.37.